The van der Waals surface area contributed by atoms with Gasteiger partial charge in [0.2, 0.25) is 0 Å². The van der Waals surface area contributed by atoms with Crippen LogP contribution in [0.5, 0.6) is 0 Å². The van der Waals surface area contributed by atoms with Crippen LogP contribution in [0.4, 0.5) is 5.69 Å². The summed E-state index contributed by atoms with van der Waals surface area (Å²) in [5.41, 5.74) is 1.18. The molecule has 104 valence electrons. The molecule has 1 aromatic carbocycles. The number of rotatable bonds is 4. The van der Waals surface area contributed by atoms with Crippen molar-refractivity contribution in [3.05, 3.63) is 28.8 Å². The fourth-order valence-electron chi connectivity index (χ4n) is 1.45. The number of aliphatic hydroxyl groups is 1. The van der Waals surface area contributed by atoms with E-state index >= 15 is 0 Å². The maximum Gasteiger partial charge on any atom is 0.313 e. The molecule has 0 unspecified atom stereocenters. The van der Waals surface area contributed by atoms with Crippen LogP contribution in [-0.2, 0) is 9.59 Å². The molecule has 0 heterocycles. The lowest BCUT2D eigenvalue weighted by atomic mass is 10.2. The summed E-state index contributed by atoms with van der Waals surface area (Å²) in [6.07, 6.45) is 0.547. The van der Waals surface area contributed by atoms with Gasteiger partial charge < -0.3 is 15.7 Å². The molecule has 0 saturated heterocycles. The molecule has 5 nitrogen and oxygen atoms in total. The summed E-state index contributed by atoms with van der Waals surface area (Å²) in [6, 6.07) is 4.63. The normalized spacial score (nSPS) is 11.8. The quantitative estimate of drug-likeness (QED) is 0.733. The van der Waals surface area contributed by atoms with Crippen molar-refractivity contribution in [1.29, 1.82) is 0 Å². The Bertz CT molecular complexity index is 473. The molecule has 3 N–H and O–H groups in total. The molecule has 0 aromatic heterocycles. The Labute approximate surface area is 117 Å². The molecule has 1 aromatic rings. The van der Waals surface area contributed by atoms with Gasteiger partial charge in [0.05, 0.1) is 12.6 Å². The summed E-state index contributed by atoms with van der Waals surface area (Å²) in [7, 11) is 0. The third-order valence-electron chi connectivity index (χ3n) is 2.77. The number of benzene rings is 1. The fraction of sp³-hybridized carbons (Fsp3) is 0.385. The highest BCUT2D eigenvalue weighted by Gasteiger charge is 2.18. The molecule has 0 radical (unpaired) electrons. The third-order valence-corrected chi connectivity index (χ3v) is 3.18. The van der Waals surface area contributed by atoms with Crippen LogP contribution < -0.4 is 10.6 Å². The maximum absolute atomic E-state index is 11.7. The van der Waals surface area contributed by atoms with Crippen molar-refractivity contribution in [3.8, 4) is 0 Å². The number of carbonyl (C=O) groups is 2. The average molecular weight is 285 g/mol. The minimum atomic E-state index is -0.780. The van der Waals surface area contributed by atoms with E-state index < -0.39 is 17.9 Å². The van der Waals surface area contributed by atoms with Crippen molar-refractivity contribution in [2.45, 2.75) is 26.3 Å². The van der Waals surface area contributed by atoms with Gasteiger partial charge in [0.15, 0.2) is 0 Å². The second kappa shape index (κ2) is 7.11. The molecule has 0 fully saturated rings. The Kier molecular flexibility index (Phi) is 5.79. The molecule has 6 heteroatoms. The first-order valence-electron chi connectivity index (χ1n) is 5.97. The van der Waals surface area contributed by atoms with Crippen molar-refractivity contribution >= 4 is 29.1 Å². The predicted molar refractivity (Wildman–Crippen MR) is 74.1 cm³/mol. The van der Waals surface area contributed by atoms with E-state index in [-0.39, 0.29) is 6.61 Å². The van der Waals surface area contributed by atoms with Crippen LogP contribution in [0.3, 0.4) is 0 Å². The fourth-order valence-corrected chi connectivity index (χ4v) is 1.62. The lowest BCUT2D eigenvalue weighted by Crippen LogP contribution is -2.43. The van der Waals surface area contributed by atoms with Gasteiger partial charge in [-0.1, -0.05) is 24.6 Å². The molecule has 0 aliphatic rings. The molecule has 19 heavy (non-hydrogen) atoms. The number of anilines is 1. The molecule has 0 aliphatic carbocycles. The summed E-state index contributed by atoms with van der Waals surface area (Å²) < 4.78 is 0. The van der Waals surface area contributed by atoms with Gasteiger partial charge in [0.25, 0.3) is 0 Å². The van der Waals surface area contributed by atoms with Gasteiger partial charge in [-0.2, -0.15) is 0 Å². The number of halogens is 1. The topological polar surface area (TPSA) is 78.4 Å². The number of amides is 2. The van der Waals surface area contributed by atoms with Gasteiger partial charge in [0.1, 0.15) is 0 Å². The first kappa shape index (κ1) is 15.5. The summed E-state index contributed by atoms with van der Waals surface area (Å²) in [6.45, 7) is 3.35. The van der Waals surface area contributed by atoms with Crippen molar-refractivity contribution in [3.63, 3.8) is 0 Å². The zero-order valence-electron chi connectivity index (χ0n) is 10.9. The van der Waals surface area contributed by atoms with E-state index in [1.807, 2.05) is 0 Å². The lowest BCUT2D eigenvalue weighted by Gasteiger charge is -2.14. The van der Waals surface area contributed by atoms with E-state index in [2.05, 4.69) is 10.6 Å². The Morgan fingerprint density at radius 3 is 2.63 bits per heavy atom. The molecule has 0 spiro atoms. The van der Waals surface area contributed by atoms with Crippen LogP contribution in [0.2, 0.25) is 5.02 Å². The highest BCUT2D eigenvalue weighted by atomic mass is 35.5. The van der Waals surface area contributed by atoms with E-state index in [9.17, 15) is 9.59 Å². The van der Waals surface area contributed by atoms with Gasteiger partial charge in [-0.25, -0.2) is 0 Å². The molecular formula is C13H17ClN2O3. The third kappa shape index (κ3) is 4.22. The highest BCUT2D eigenvalue weighted by Crippen LogP contribution is 2.22. The zero-order chi connectivity index (χ0) is 14.4. The number of carbonyl (C=O) groups excluding carboxylic acids is 2. The number of hydrogen-bond donors (Lipinski definition) is 3. The van der Waals surface area contributed by atoms with Gasteiger partial charge in [-0.3, -0.25) is 9.59 Å². The van der Waals surface area contributed by atoms with E-state index in [1.165, 1.54) is 0 Å². The number of nitrogens with one attached hydrogen (secondary N) is 2. The molecule has 0 aliphatic heterocycles. The van der Waals surface area contributed by atoms with Crippen molar-refractivity contribution < 1.29 is 14.7 Å². The van der Waals surface area contributed by atoms with Crippen LogP contribution in [0.25, 0.3) is 0 Å². The first-order valence-corrected chi connectivity index (χ1v) is 6.35. The SMILES string of the molecule is CC[C@H](CO)NC(=O)C(=O)Nc1cccc(Cl)c1C. The highest BCUT2D eigenvalue weighted by molar-refractivity contribution is 6.40. The Hall–Kier alpha value is -1.59. The standard InChI is InChI=1S/C13H17ClN2O3/c1-3-9(7-17)15-12(18)13(19)16-11-6-4-5-10(14)8(11)2/h4-6,9,17H,3,7H2,1-2H3,(H,15,18)(H,16,19)/t9-/m1/s1. The minimum absolute atomic E-state index is 0.203. The van der Waals surface area contributed by atoms with Crippen LogP contribution >= 0.6 is 11.6 Å². The Morgan fingerprint density at radius 2 is 2.05 bits per heavy atom. The molecule has 1 atom stereocenters. The molecule has 0 saturated carbocycles. The van der Waals surface area contributed by atoms with E-state index in [4.69, 9.17) is 16.7 Å². The predicted octanol–water partition coefficient (Wildman–Crippen LogP) is 1.47. The van der Waals surface area contributed by atoms with Crippen molar-refractivity contribution in [1.82, 2.24) is 5.32 Å². The molecular weight excluding hydrogens is 268 g/mol. The molecule has 0 bridgehead atoms. The van der Waals surface area contributed by atoms with Crippen LogP contribution in [0.15, 0.2) is 18.2 Å². The maximum atomic E-state index is 11.7. The monoisotopic (exact) mass is 284 g/mol. The van der Waals surface area contributed by atoms with E-state index in [0.29, 0.717) is 22.7 Å². The number of aliphatic hydroxyl groups excluding tert-OH is 1. The van der Waals surface area contributed by atoms with Gasteiger partial charge in [0, 0.05) is 10.7 Å². The van der Waals surface area contributed by atoms with Crippen molar-refractivity contribution in [2.24, 2.45) is 0 Å². The van der Waals surface area contributed by atoms with Gasteiger partial charge in [-0.15, -0.1) is 0 Å². The molecule has 1 rings (SSSR count). The van der Waals surface area contributed by atoms with Crippen LogP contribution in [0, 0.1) is 6.92 Å². The van der Waals surface area contributed by atoms with E-state index in [0.717, 1.165) is 0 Å². The van der Waals surface area contributed by atoms with Crippen LogP contribution in [-0.4, -0.2) is 29.6 Å². The largest absolute Gasteiger partial charge is 0.394 e. The van der Waals surface area contributed by atoms with Crippen LogP contribution in [0.1, 0.15) is 18.9 Å². The average Bonchev–Trinajstić information content (AvgIpc) is 2.40. The second-order valence-electron chi connectivity index (χ2n) is 4.13. The summed E-state index contributed by atoms with van der Waals surface area (Å²) >= 11 is 5.92. The number of hydrogen-bond acceptors (Lipinski definition) is 3. The second-order valence-corrected chi connectivity index (χ2v) is 4.53. The lowest BCUT2D eigenvalue weighted by molar-refractivity contribution is -0.136. The first-order chi connectivity index (χ1) is 8.99. The zero-order valence-corrected chi connectivity index (χ0v) is 11.6. The van der Waals surface area contributed by atoms with E-state index in [1.54, 1.807) is 32.0 Å². The summed E-state index contributed by atoms with van der Waals surface area (Å²) in [4.78, 5) is 23.3. The Balaban J connectivity index is 2.69. The van der Waals surface area contributed by atoms with Crippen molar-refractivity contribution in [2.75, 3.05) is 11.9 Å². The molecule has 2 amide bonds. The summed E-state index contributed by atoms with van der Waals surface area (Å²) in [5.74, 6) is -1.56. The Morgan fingerprint density at radius 1 is 1.37 bits per heavy atom. The smallest absolute Gasteiger partial charge is 0.313 e. The van der Waals surface area contributed by atoms with Gasteiger partial charge in [-0.05, 0) is 31.0 Å². The summed E-state index contributed by atoms with van der Waals surface area (Å²) in [5, 5.41) is 14.4. The van der Waals surface area contributed by atoms with Gasteiger partial charge >= 0.3 is 11.8 Å². The minimum Gasteiger partial charge on any atom is -0.394 e.